The highest BCUT2D eigenvalue weighted by Gasteiger charge is 2.06. The van der Waals surface area contributed by atoms with Crippen molar-refractivity contribution in [3.05, 3.63) is 35.9 Å². The number of hydroxylamine groups is 2. The zero-order valence-corrected chi connectivity index (χ0v) is 9.77. The number of benzene rings is 1. The van der Waals surface area contributed by atoms with Crippen LogP contribution in [0.4, 0.5) is 0 Å². The fraction of sp³-hybridized carbons (Fsp3) is 0.417. The molecule has 0 aliphatic heterocycles. The van der Waals surface area contributed by atoms with Crippen LogP contribution in [0.15, 0.2) is 30.3 Å². The minimum Gasteiger partial charge on any atom is -0.312 e. The van der Waals surface area contributed by atoms with Gasteiger partial charge < -0.3 is 5.32 Å². The molecule has 88 valence electrons. The number of nitrogens with one attached hydrogen (secondary N) is 1. The van der Waals surface area contributed by atoms with Crippen LogP contribution >= 0.6 is 0 Å². The van der Waals surface area contributed by atoms with E-state index in [-0.39, 0.29) is 5.91 Å². The molecule has 0 aliphatic carbocycles. The number of rotatable bonds is 6. The van der Waals surface area contributed by atoms with Gasteiger partial charge >= 0.3 is 0 Å². The maximum absolute atomic E-state index is 11.3. The first-order valence-electron chi connectivity index (χ1n) is 5.29. The van der Waals surface area contributed by atoms with Gasteiger partial charge in [-0.2, -0.15) is 0 Å². The number of carbonyl (C=O) groups excluding carboxylic acids is 1. The van der Waals surface area contributed by atoms with Crippen molar-refractivity contribution in [3.8, 4) is 0 Å². The monoisotopic (exact) mass is 222 g/mol. The van der Waals surface area contributed by atoms with Crippen LogP contribution in [-0.2, 0) is 16.2 Å². The minimum absolute atomic E-state index is 0.0249. The fourth-order valence-electron chi connectivity index (χ4n) is 1.28. The van der Waals surface area contributed by atoms with Gasteiger partial charge in [0, 0.05) is 26.6 Å². The molecule has 0 heterocycles. The second-order valence-corrected chi connectivity index (χ2v) is 3.49. The van der Waals surface area contributed by atoms with Crippen molar-refractivity contribution in [1.82, 2.24) is 10.4 Å². The third-order valence-electron chi connectivity index (χ3n) is 2.31. The normalized spacial score (nSPS) is 10.1. The Morgan fingerprint density at radius 3 is 2.69 bits per heavy atom. The largest absolute Gasteiger partial charge is 0.312 e. The third-order valence-corrected chi connectivity index (χ3v) is 2.31. The van der Waals surface area contributed by atoms with Crippen molar-refractivity contribution in [2.24, 2.45) is 0 Å². The standard InChI is InChI=1S/C12H18N2O2/c1-14(16-2)12(15)8-9-13-10-11-6-4-3-5-7-11/h3-7,13H,8-10H2,1-2H3. The lowest BCUT2D eigenvalue weighted by molar-refractivity contribution is -0.168. The molecule has 1 aromatic rings. The van der Waals surface area contributed by atoms with E-state index < -0.39 is 0 Å². The molecule has 0 aliphatic rings. The zero-order valence-electron chi connectivity index (χ0n) is 9.77. The lowest BCUT2D eigenvalue weighted by atomic mass is 10.2. The quantitative estimate of drug-likeness (QED) is 0.580. The van der Waals surface area contributed by atoms with E-state index >= 15 is 0 Å². The van der Waals surface area contributed by atoms with Crippen LogP contribution < -0.4 is 5.32 Å². The minimum atomic E-state index is -0.0249. The second kappa shape index (κ2) is 6.98. The maximum Gasteiger partial charge on any atom is 0.247 e. The number of carbonyl (C=O) groups is 1. The van der Waals surface area contributed by atoms with Crippen molar-refractivity contribution < 1.29 is 9.63 Å². The summed E-state index contributed by atoms with van der Waals surface area (Å²) in [4.78, 5) is 16.1. The lowest BCUT2D eigenvalue weighted by Crippen LogP contribution is -2.28. The first kappa shape index (κ1) is 12.7. The Morgan fingerprint density at radius 1 is 1.38 bits per heavy atom. The Hall–Kier alpha value is -1.39. The van der Waals surface area contributed by atoms with Gasteiger partial charge in [-0.05, 0) is 5.56 Å². The summed E-state index contributed by atoms with van der Waals surface area (Å²) in [6.45, 7) is 1.44. The molecular formula is C12H18N2O2. The molecule has 0 unspecified atom stereocenters. The smallest absolute Gasteiger partial charge is 0.247 e. The van der Waals surface area contributed by atoms with E-state index in [9.17, 15) is 4.79 Å². The summed E-state index contributed by atoms with van der Waals surface area (Å²) in [6.07, 6.45) is 0.442. The van der Waals surface area contributed by atoms with E-state index in [1.165, 1.54) is 17.7 Å². The summed E-state index contributed by atoms with van der Waals surface area (Å²) in [7, 11) is 3.09. The molecule has 16 heavy (non-hydrogen) atoms. The number of amides is 1. The summed E-state index contributed by atoms with van der Waals surface area (Å²) >= 11 is 0. The molecule has 0 radical (unpaired) electrons. The summed E-state index contributed by atoms with van der Waals surface area (Å²) in [5.74, 6) is -0.0249. The first-order valence-corrected chi connectivity index (χ1v) is 5.29. The van der Waals surface area contributed by atoms with Crippen LogP contribution in [-0.4, -0.2) is 31.7 Å². The molecule has 1 amide bonds. The van der Waals surface area contributed by atoms with Gasteiger partial charge in [0.2, 0.25) is 5.91 Å². The Labute approximate surface area is 96.2 Å². The van der Waals surface area contributed by atoms with Crippen molar-refractivity contribution in [2.75, 3.05) is 20.7 Å². The average Bonchev–Trinajstić information content (AvgIpc) is 2.34. The van der Waals surface area contributed by atoms with Gasteiger partial charge in [-0.3, -0.25) is 9.63 Å². The van der Waals surface area contributed by atoms with Crippen LogP contribution in [0.5, 0.6) is 0 Å². The molecule has 1 aromatic carbocycles. The Bertz CT molecular complexity index is 314. The highest BCUT2D eigenvalue weighted by Crippen LogP contribution is 1.97. The van der Waals surface area contributed by atoms with E-state index in [0.717, 1.165) is 6.54 Å². The van der Waals surface area contributed by atoms with E-state index in [2.05, 4.69) is 17.4 Å². The number of nitrogens with zero attached hydrogens (tertiary/aromatic N) is 1. The molecule has 0 saturated heterocycles. The number of hydrogen-bond donors (Lipinski definition) is 1. The molecule has 1 rings (SSSR count). The molecule has 4 heteroatoms. The van der Waals surface area contributed by atoms with Gasteiger partial charge in [-0.1, -0.05) is 30.3 Å². The molecule has 4 nitrogen and oxygen atoms in total. The highest BCUT2D eigenvalue weighted by molar-refractivity contribution is 5.74. The van der Waals surface area contributed by atoms with Gasteiger partial charge in [0.25, 0.3) is 0 Å². The Balaban J connectivity index is 2.15. The lowest BCUT2D eigenvalue weighted by Gasteiger charge is -2.13. The SMILES string of the molecule is CON(C)C(=O)CCNCc1ccccc1. The molecule has 1 N–H and O–H groups in total. The van der Waals surface area contributed by atoms with Crippen LogP contribution in [0.25, 0.3) is 0 Å². The fourth-order valence-corrected chi connectivity index (χ4v) is 1.28. The molecule has 0 saturated carbocycles. The van der Waals surface area contributed by atoms with E-state index in [0.29, 0.717) is 13.0 Å². The topological polar surface area (TPSA) is 41.6 Å². The van der Waals surface area contributed by atoms with Crippen LogP contribution in [0.1, 0.15) is 12.0 Å². The van der Waals surface area contributed by atoms with Gasteiger partial charge in [0.05, 0.1) is 7.11 Å². The van der Waals surface area contributed by atoms with Crippen molar-refractivity contribution in [2.45, 2.75) is 13.0 Å². The van der Waals surface area contributed by atoms with E-state index in [4.69, 9.17) is 4.84 Å². The van der Waals surface area contributed by atoms with Gasteiger partial charge in [-0.15, -0.1) is 0 Å². The molecular weight excluding hydrogens is 204 g/mol. The molecule has 0 bridgehead atoms. The Kier molecular flexibility index (Phi) is 5.53. The summed E-state index contributed by atoms with van der Waals surface area (Å²) in [5.41, 5.74) is 1.22. The van der Waals surface area contributed by atoms with Crippen molar-refractivity contribution >= 4 is 5.91 Å². The second-order valence-electron chi connectivity index (χ2n) is 3.49. The van der Waals surface area contributed by atoms with Gasteiger partial charge in [0.15, 0.2) is 0 Å². The summed E-state index contributed by atoms with van der Waals surface area (Å²) < 4.78 is 0. The van der Waals surface area contributed by atoms with Crippen molar-refractivity contribution in [1.29, 1.82) is 0 Å². The Morgan fingerprint density at radius 2 is 2.06 bits per heavy atom. The van der Waals surface area contributed by atoms with Crippen LogP contribution in [0.3, 0.4) is 0 Å². The van der Waals surface area contributed by atoms with Gasteiger partial charge in [-0.25, -0.2) is 5.06 Å². The first-order chi connectivity index (χ1) is 7.74. The van der Waals surface area contributed by atoms with Crippen LogP contribution in [0, 0.1) is 0 Å². The van der Waals surface area contributed by atoms with E-state index in [1.54, 1.807) is 7.05 Å². The predicted molar refractivity (Wildman–Crippen MR) is 62.5 cm³/mol. The van der Waals surface area contributed by atoms with E-state index in [1.807, 2.05) is 18.2 Å². The molecule has 0 atom stereocenters. The summed E-state index contributed by atoms with van der Waals surface area (Å²) in [5, 5.41) is 4.45. The zero-order chi connectivity index (χ0) is 11.8. The maximum atomic E-state index is 11.3. The predicted octanol–water partition coefficient (Wildman–Crippen LogP) is 1.19. The molecule has 0 fully saturated rings. The highest BCUT2D eigenvalue weighted by atomic mass is 16.7. The van der Waals surface area contributed by atoms with Crippen molar-refractivity contribution in [3.63, 3.8) is 0 Å². The average molecular weight is 222 g/mol. The molecule has 0 aromatic heterocycles. The third kappa shape index (κ3) is 4.42. The van der Waals surface area contributed by atoms with Crippen LogP contribution in [0.2, 0.25) is 0 Å². The number of hydrogen-bond acceptors (Lipinski definition) is 3. The van der Waals surface area contributed by atoms with Gasteiger partial charge in [0.1, 0.15) is 0 Å². The molecule has 0 spiro atoms. The summed E-state index contributed by atoms with van der Waals surface area (Å²) in [6, 6.07) is 10.1.